The fraction of sp³-hybridized carbons (Fsp3) is 0.615. The van der Waals surface area contributed by atoms with Crippen molar-refractivity contribution in [2.24, 2.45) is 5.73 Å². The summed E-state index contributed by atoms with van der Waals surface area (Å²) in [4.78, 5) is 24.6. The fourth-order valence-corrected chi connectivity index (χ4v) is 1.25. The van der Waals surface area contributed by atoms with Gasteiger partial charge >= 0.3 is 6.09 Å². The van der Waals surface area contributed by atoms with Gasteiger partial charge in [-0.1, -0.05) is 6.92 Å². The molecule has 0 aromatic rings. The third-order valence-corrected chi connectivity index (χ3v) is 2.51. The van der Waals surface area contributed by atoms with Crippen LogP contribution in [0.1, 0.15) is 27.2 Å². The number of carbonyl (C=O) groups is 2. The van der Waals surface area contributed by atoms with Gasteiger partial charge in [-0.05, 0) is 20.3 Å². The number of hydrogen-bond acceptors (Lipinski definition) is 5. The molecule has 0 aromatic heterocycles. The molecule has 112 valence electrons. The van der Waals surface area contributed by atoms with Gasteiger partial charge in [-0.25, -0.2) is 4.79 Å². The number of carbonyl (C=O) groups excluding carboxylic acids is 2. The Kier molecular flexibility index (Phi) is 8.79. The zero-order valence-electron chi connectivity index (χ0n) is 12.2. The summed E-state index contributed by atoms with van der Waals surface area (Å²) in [7, 11) is 0. The monoisotopic (exact) mass is 282 g/mol. The quantitative estimate of drug-likeness (QED) is 0.528. The van der Waals surface area contributed by atoms with Gasteiger partial charge in [-0.2, -0.15) is 5.26 Å². The minimum Gasteiger partial charge on any atom is -0.449 e. The topological polar surface area (TPSA) is 108 Å². The molecule has 0 spiro atoms. The molecule has 1 unspecified atom stereocenters. The van der Waals surface area contributed by atoms with Crippen LogP contribution in [0.3, 0.4) is 0 Å². The molecule has 0 aliphatic carbocycles. The summed E-state index contributed by atoms with van der Waals surface area (Å²) in [6.07, 6.45) is 1.28. The Bertz CT molecular complexity index is 401. The lowest BCUT2D eigenvalue weighted by molar-refractivity contribution is -0.117. The molecule has 0 aromatic carbocycles. The lowest BCUT2D eigenvalue weighted by Gasteiger charge is -2.17. The van der Waals surface area contributed by atoms with E-state index in [0.717, 1.165) is 11.3 Å². The van der Waals surface area contributed by atoms with E-state index in [-0.39, 0.29) is 31.3 Å². The van der Waals surface area contributed by atoms with Crippen LogP contribution in [0.4, 0.5) is 4.79 Å². The van der Waals surface area contributed by atoms with Crippen LogP contribution < -0.4 is 11.1 Å². The predicted octanol–water partition coefficient (Wildman–Crippen LogP) is 0.726. The van der Waals surface area contributed by atoms with Crippen LogP contribution in [0.15, 0.2) is 11.8 Å². The van der Waals surface area contributed by atoms with Crippen LogP contribution in [0.5, 0.6) is 0 Å². The lowest BCUT2D eigenvalue weighted by atomic mass is 10.2. The van der Waals surface area contributed by atoms with Crippen molar-refractivity contribution in [3.63, 3.8) is 0 Å². The summed E-state index contributed by atoms with van der Waals surface area (Å²) in [5, 5.41) is 11.7. The van der Waals surface area contributed by atoms with E-state index in [1.54, 1.807) is 13.0 Å². The number of rotatable bonds is 7. The number of nitriles is 1. The average molecular weight is 282 g/mol. The maximum absolute atomic E-state index is 11.9. The zero-order chi connectivity index (χ0) is 15.5. The summed E-state index contributed by atoms with van der Waals surface area (Å²) in [6.45, 7) is 5.98. The lowest BCUT2D eigenvalue weighted by Crippen LogP contribution is -2.36. The van der Waals surface area contributed by atoms with Crippen LogP contribution >= 0.6 is 0 Å². The molecule has 0 fully saturated rings. The van der Waals surface area contributed by atoms with Gasteiger partial charge in [0.25, 0.3) is 5.91 Å². The molecular weight excluding hydrogens is 260 g/mol. The number of hydrogen-bond donors (Lipinski definition) is 2. The Hall–Kier alpha value is -2.07. The molecule has 1 atom stereocenters. The van der Waals surface area contributed by atoms with Crippen LogP contribution in [0.25, 0.3) is 0 Å². The van der Waals surface area contributed by atoms with Crippen LogP contribution in [-0.4, -0.2) is 42.6 Å². The van der Waals surface area contributed by atoms with Crippen molar-refractivity contribution in [3.8, 4) is 6.07 Å². The van der Waals surface area contributed by atoms with E-state index in [1.165, 1.54) is 6.20 Å². The molecule has 0 rings (SSSR count). The van der Waals surface area contributed by atoms with E-state index >= 15 is 0 Å². The van der Waals surface area contributed by atoms with Gasteiger partial charge in [0, 0.05) is 25.3 Å². The highest BCUT2D eigenvalue weighted by Gasteiger charge is 2.17. The first kappa shape index (κ1) is 17.9. The first-order chi connectivity index (χ1) is 9.49. The number of ether oxygens (including phenoxy) is 1. The average Bonchev–Trinajstić information content (AvgIpc) is 2.43. The Morgan fingerprint density at radius 2 is 2.15 bits per heavy atom. The third kappa shape index (κ3) is 6.20. The molecule has 2 amide bonds. The van der Waals surface area contributed by atoms with Crippen molar-refractivity contribution >= 4 is 12.0 Å². The molecule has 0 saturated carbocycles. The first-order valence-corrected chi connectivity index (χ1v) is 6.56. The molecule has 20 heavy (non-hydrogen) atoms. The standard InChI is InChI=1S/C13H22N4O3/c1-4-10(3)16-12(18)11(8-15)9-17(7-6-14)13(19)20-5-2/h9-10H,4-7,14H2,1-3H3,(H,16,18)/b11-9-. The first-order valence-electron chi connectivity index (χ1n) is 6.56. The molecule has 7 nitrogen and oxygen atoms in total. The van der Waals surface area contributed by atoms with Gasteiger partial charge < -0.3 is 15.8 Å². The van der Waals surface area contributed by atoms with E-state index in [2.05, 4.69) is 5.32 Å². The molecule has 0 aliphatic heterocycles. The van der Waals surface area contributed by atoms with E-state index in [4.69, 9.17) is 15.7 Å². The van der Waals surface area contributed by atoms with Crippen molar-refractivity contribution in [2.75, 3.05) is 19.7 Å². The van der Waals surface area contributed by atoms with Gasteiger partial charge in [0.15, 0.2) is 0 Å². The second-order valence-corrected chi connectivity index (χ2v) is 4.12. The molecule has 0 saturated heterocycles. The second kappa shape index (κ2) is 9.81. The molecule has 0 heterocycles. The Balaban J connectivity index is 5.01. The van der Waals surface area contributed by atoms with Gasteiger partial charge in [-0.3, -0.25) is 9.69 Å². The number of nitrogens with two attached hydrogens (primary N) is 1. The SMILES string of the molecule is CCOC(=O)N(/C=C(/C#N)C(=O)NC(C)CC)CCN. The predicted molar refractivity (Wildman–Crippen MR) is 74.4 cm³/mol. The highest BCUT2D eigenvalue weighted by atomic mass is 16.6. The van der Waals surface area contributed by atoms with Gasteiger partial charge in [0.1, 0.15) is 11.6 Å². The molecule has 0 bridgehead atoms. The van der Waals surface area contributed by atoms with Crippen molar-refractivity contribution < 1.29 is 14.3 Å². The second-order valence-electron chi connectivity index (χ2n) is 4.12. The van der Waals surface area contributed by atoms with Crippen LogP contribution in [0, 0.1) is 11.3 Å². The molecule has 3 N–H and O–H groups in total. The zero-order valence-corrected chi connectivity index (χ0v) is 12.2. The minimum atomic E-state index is -0.637. The Morgan fingerprint density at radius 3 is 2.60 bits per heavy atom. The highest BCUT2D eigenvalue weighted by Crippen LogP contribution is 2.02. The van der Waals surface area contributed by atoms with Gasteiger partial charge in [-0.15, -0.1) is 0 Å². The van der Waals surface area contributed by atoms with Crippen molar-refractivity contribution in [1.82, 2.24) is 10.2 Å². The normalized spacial score (nSPS) is 12.2. The molecule has 7 heteroatoms. The molecule has 0 radical (unpaired) electrons. The highest BCUT2D eigenvalue weighted by molar-refractivity contribution is 5.97. The Labute approximate surface area is 119 Å². The number of nitrogens with zero attached hydrogens (tertiary/aromatic N) is 2. The maximum atomic E-state index is 11.9. The van der Waals surface area contributed by atoms with Crippen LogP contribution in [-0.2, 0) is 9.53 Å². The van der Waals surface area contributed by atoms with Gasteiger partial charge in [0.05, 0.1) is 6.61 Å². The van der Waals surface area contributed by atoms with Crippen LogP contribution in [0.2, 0.25) is 0 Å². The third-order valence-electron chi connectivity index (χ3n) is 2.51. The molecular formula is C13H22N4O3. The number of nitrogens with one attached hydrogen (secondary N) is 1. The summed E-state index contributed by atoms with van der Waals surface area (Å²) in [5.41, 5.74) is 5.24. The largest absolute Gasteiger partial charge is 0.449 e. The van der Waals surface area contributed by atoms with Crippen molar-refractivity contribution in [1.29, 1.82) is 5.26 Å². The summed E-state index contributed by atoms with van der Waals surface area (Å²) < 4.78 is 4.83. The fourth-order valence-electron chi connectivity index (χ4n) is 1.25. The number of amides is 2. The summed E-state index contributed by atoms with van der Waals surface area (Å²) in [6, 6.07) is 1.72. The minimum absolute atomic E-state index is 0.0511. The Morgan fingerprint density at radius 1 is 1.50 bits per heavy atom. The summed E-state index contributed by atoms with van der Waals surface area (Å²) in [5.74, 6) is -0.520. The summed E-state index contributed by atoms with van der Waals surface area (Å²) >= 11 is 0. The van der Waals surface area contributed by atoms with E-state index < -0.39 is 12.0 Å². The molecule has 0 aliphatic rings. The van der Waals surface area contributed by atoms with E-state index in [9.17, 15) is 9.59 Å². The van der Waals surface area contributed by atoms with Gasteiger partial charge in [0.2, 0.25) is 0 Å². The maximum Gasteiger partial charge on any atom is 0.413 e. The van der Waals surface area contributed by atoms with Crippen molar-refractivity contribution in [3.05, 3.63) is 11.8 Å². The smallest absolute Gasteiger partial charge is 0.413 e. The van der Waals surface area contributed by atoms with E-state index in [0.29, 0.717) is 0 Å². The van der Waals surface area contributed by atoms with E-state index in [1.807, 2.05) is 13.8 Å². The van der Waals surface area contributed by atoms with Crippen molar-refractivity contribution in [2.45, 2.75) is 33.2 Å².